The van der Waals surface area contributed by atoms with Crippen LogP contribution in [0.4, 0.5) is 25.2 Å². The number of pyridine rings is 2. The number of rotatable bonds is 3. The molecule has 0 bridgehead atoms. The average molecular weight is 448 g/mol. The third-order valence-electron chi connectivity index (χ3n) is 5.92. The smallest absolute Gasteiger partial charge is 0.410 e. The molecule has 2 aliphatic rings. The summed E-state index contributed by atoms with van der Waals surface area (Å²) in [6.07, 6.45) is 4.49. The summed E-state index contributed by atoms with van der Waals surface area (Å²) in [5.41, 5.74) is -0.503. The van der Waals surface area contributed by atoms with E-state index in [4.69, 9.17) is 4.74 Å². The predicted molar refractivity (Wildman–Crippen MR) is 120 cm³/mol. The molecule has 7 nitrogen and oxygen atoms in total. The molecule has 0 unspecified atom stereocenters. The van der Waals surface area contributed by atoms with Gasteiger partial charge in [-0.15, -0.1) is 0 Å². The first-order valence-corrected chi connectivity index (χ1v) is 11.2. The Kier molecular flexibility index (Phi) is 6.09. The van der Waals surface area contributed by atoms with E-state index in [1.54, 1.807) is 17.3 Å². The van der Waals surface area contributed by atoms with E-state index in [0.717, 1.165) is 35.2 Å². The number of piperidine rings is 2. The first-order chi connectivity index (χ1) is 15.1. The zero-order valence-electron chi connectivity index (χ0n) is 18.9. The maximum atomic E-state index is 13.6. The highest BCUT2D eigenvalue weighted by molar-refractivity contribution is 5.93. The topological polar surface area (TPSA) is 70.6 Å². The van der Waals surface area contributed by atoms with Crippen LogP contribution in [-0.2, 0) is 4.74 Å². The zero-order valence-corrected chi connectivity index (χ0v) is 18.9. The molecular formula is C23H31F2N5O2. The van der Waals surface area contributed by atoms with Gasteiger partial charge in [0, 0.05) is 68.2 Å². The molecule has 0 aromatic carbocycles. The molecule has 0 atom stereocenters. The van der Waals surface area contributed by atoms with Gasteiger partial charge in [-0.3, -0.25) is 0 Å². The number of amides is 1. The van der Waals surface area contributed by atoms with E-state index in [2.05, 4.69) is 15.3 Å². The first-order valence-electron chi connectivity index (χ1n) is 11.2. The van der Waals surface area contributed by atoms with E-state index in [1.165, 1.54) is 0 Å². The van der Waals surface area contributed by atoms with Crippen LogP contribution in [0.1, 0.15) is 46.5 Å². The van der Waals surface area contributed by atoms with Gasteiger partial charge in [-0.05, 0) is 45.7 Å². The number of hydrogen-bond acceptors (Lipinski definition) is 6. The number of fused-ring (bicyclic) bond motifs is 1. The van der Waals surface area contributed by atoms with Gasteiger partial charge in [0.05, 0.1) is 0 Å². The number of nitrogens with zero attached hydrogens (tertiary/aromatic N) is 4. The van der Waals surface area contributed by atoms with E-state index in [0.29, 0.717) is 13.1 Å². The summed E-state index contributed by atoms with van der Waals surface area (Å²) in [5, 5.41) is 5.30. The quantitative estimate of drug-likeness (QED) is 0.737. The number of likely N-dealkylation sites (tertiary alicyclic amines) is 1. The summed E-state index contributed by atoms with van der Waals surface area (Å²) in [4.78, 5) is 25.0. The Morgan fingerprint density at radius 2 is 1.84 bits per heavy atom. The second kappa shape index (κ2) is 8.67. The largest absolute Gasteiger partial charge is 0.444 e. The standard InChI is InChI=1S/C23H31F2N5O2/c1-22(2,3)32-21(31)30-10-5-17(6-11-30)28-19-14-18-16(15-27-19)4-9-26-20(18)29-12-7-23(24,25)8-13-29/h4,9,14-15,17H,5-8,10-13H2,1-3H3,(H,27,28). The minimum Gasteiger partial charge on any atom is -0.444 e. The molecule has 4 rings (SSSR count). The van der Waals surface area contributed by atoms with Gasteiger partial charge < -0.3 is 19.9 Å². The van der Waals surface area contributed by atoms with Crippen molar-refractivity contribution in [2.75, 3.05) is 36.4 Å². The van der Waals surface area contributed by atoms with Gasteiger partial charge in [-0.2, -0.15) is 0 Å². The molecule has 0 radical (unpaired) electrons. The summed E-state index contributed by atoms with van der Waals surface area (Å²) in [7, 11) is 0. The summed E-state index contributed by atoms with van der Waals surface area (Å²) in [6, 6.07) is 4.02. The molecule has 174 valence electrons. The Bertz CT molecular complexity index is 961. The van der Waals surface area contributed by atoms with Gasteiger partial charge in [-0.25, -0.2) is 23.5 Å². The fourth-order valence-electron chi connectivity index (χ4n) is 4.17. The van der Waals surface area contributed by atoms with Crippen molar-refractivity contribution in [1.82, 2.24) is 14.9 Å². The molecule has 1 N–H and O–H groups in total. The Labute approximate surface area is 187 Å². The fraction of sp³-hybridized carbons (Fsp3) is 0.609. The molecule has 2 aliphatic heterocycles. The van der Waals surface area contributed by atoms with Crippen molar-refractivity contribution in [2.45, 2.75) is 64.0 Å². The molecule has 2 aromatic heterocycles. The second-order valence-electron chi connectivity index (χ2n) is 9.65. The number of aromatic nitrogens is 2. The van der Waals surface area contributed by atoms with Gasteiger partial charge in [0.2, 0.25) is 0 Å². The number of hydrogen-bond donors (Lipinski definition) is 1. The van der Waals surface area contributed by atoms with Crippen molar-refractivity contribution in [3.8, 4) is 0 Å². The molecule has 0 spiro atoms. The molecule has 2 saturated heterocycles. The highest BCUT2D eigenvalue weighted by Crippen LogP contribution is 2.33. The van der Waals surface area contributed by atoms with E-state index in [9.17, 15) is 13.6 Å². The fourth-order valence-corrected chi connectivity index (χ4v) is 4.17. The van der Waals surface area contributed by atoms with Crippen molar-refractivity contribution in [3.63, 3.8) is 0 Å². The minimum absolute atomic E-state index is 0.155. The van der Waals surface area contributed by atoms with E-state index >= 15 is 0 Å². The normalized spacial score (nSPS) is 19.8. The van der Waals surface area contributed by atoms with Crippen LogP contribution < -0.4 is 10.2 Å². The number of nitrogens with one attached hydrogen (secondary N) is 1. The highest BCUT2D eigenvalue weighted by atomic mass is 19.3. The lowest BCUT2D eigenvalue weighted by atomic mass is 10.0. The zero-order chi connectivity index (χ0) is 22.9. The summed E-state index contributed by atoms with van der Waals surface area (Å²) >= 11 is 0. The van der Waals surface area contributed by atoms with Crippen LogP contribution in [0.2, 0.25) is 0 Å². The summed E-state index contributed by atoms with van der Waals surface area (Å²) in [5.74, 6) is -1.14. The Balaban J connectivity index is 1.42. The number of carbonyl (C=O) groups is 1. The third kappa shape index (κ3) is 5.37. The van der Waals surface area contributed by atoms with E-state index in [1.807, 2.05) is 37.8 Å². The molecule has 9 heteroatoms. The van der Waals surface area contributed by atoms with Gasteiger partial charge in [0.15, 0.2) is 0 Å². The SMILES string of the molecule is CC(C)(C)OC(=O)N1CCC(Nc2cc3c(N4CCC(F)(F)CC4)nccc3cn2)CC1. The number of ether oxygens (including phenoxy) is 1. The van der Waals surface area contributed by atoms with Crippen LogP contribution in [0.25, 0.3) is 10.8 Å². The molecule has 2 aromatic rings. The van der Waals surface area contributed by atoms with Crippen molar-refractivity contribution in [2.24, 2.45) is 0 Å². The number of anilines is 2. The highest BCUT2D eigenvalue weighted by Gasteiger charge is 2.35. The Hall–Kier alpha value is -2.71. The molecule has 1 amide bonds. The van der Waals surface area contributed by atoms with Crippen LogP contribution in [0, 0.1) is 0 Å². The Morgan fingerprint density at radius 1 is 1.16 bits per heavy atom. The predicted octanol–water partition coefficient (Wildman–Crippen LogP) is 4.68. The minimum atomic E-state index is -2.59. The lowest BCUT2D eigenvalue weighted by Crippen LogP contribution is -2.44. The van der Waals surface area contributed by atoms with Crippen molar-refractivity contribution >= 4 is 28.5 Å². The van der Waals surface area contributed by atoms with Gasteiger partial charge in [0.1, 0.15) is 17.2 Å². The van der Waals surface area contributed by atoms with Gasteiger partial charge in [0.25, 0.3) is 5.92 Å². The first kappa shape index (κ1) is 22.5. The van der Waals surface area contributed by atoms with Crippen LogP contribution >= 0.6 is 0 Å². The summed E-state index contributed by atoms with van der Waals surface area (Å²) in [6.45, 7) is 7.40. The summed E-state index contributed by atoms with van der Waals surface area (Å²) < 4.78 is 32.6. The molecule has 32 heavy (non-hydrogen) atoms. The monoisotopic (exact) mass is 447 g/mol. The molecule has 2 fully saturated rings. The van der Waals surface area contributed by atoms with E-state index in [-0.39, 0.29) is 38.1 Å². The maximum Gasteiger partial charge on any atom is 0.410 e. The second-order valence-corrected chi connectivity index (χ2v) is 9.65. The molecule has 0 saturated carbocycles. The van der Waals surface area contributed by atoms with Gasteiger partial charge in [-0.1, -0.05) is 0 Å². The van der Waals surface area contributed by atoms with Crippen molar-refractivity contribution < 1.29 is 18.3 Å². The Morgan fingerprint density at radius 3 is 2.50 bits per heavy atom. The molecular weight excluding hydrogens is 416 g/mol. The van der Waals surface area contributed by atoms with E-state index < -0.39 is 11.5 Å². The van der Waals surface area contributed by atoms with Crippen molar-refractivity contribution in [1.29, 1.82) is 0 Å². The molecule has 0 aliphatic carbocycles. The van der Waals surface area contributed by atoms with Crippen LogP contribution in [0.15, 0.2) is 24.5 Å². The number of carbonyl (C=O) groups excluding carboxylic acids is 1. The van der Waals surface area contributed by atoms with Crippen LogP contribution in [-0.4, -0.2) is 64.7 Å². The third-order valence-corrected chi connectivity index (χ3v) is 5.92. The number of halogens is 2. The molecule has 4 heterocycles. The number of alkyl halides is 2. The lowest BCUT2D eigenvalue weighted by molar-refractivity contribution is -0.0221. The van der Waals surface area contributed by atoms with Crippen molar-refractivity contribution in [3.05, 3.63) is 24.5 Å². The average Bonchev–Trinajstić information content (AvgIpc) is 2.73. The van der Waals surface area contributed by atoms with Crippen LogP contribution in [0.5, 0.6) is 0 Å². The van der Waals surface area contributed by atoms with Gasteiger partial charge >= 0.3 is 6.09 Å². The van der Waals surface area contributed by atoms with Crippen LogP contribution in [0.3, 0.4) is 0 Å². The lowest BCUT2D eigenvalue weighted by Gasteiger charge is -2.34. The maximum absolute atomic E-state index is 13.6.